The van der Waals surface area contributed by atoms with Crippen molar-refractivity contribution in [1.29, 1.82) is 0 Å². The number of benzene rings is 4. The fourth-order valence-electron chi connectivity index (χ4n) is 5.37. The van der Waals surface area contributed by atoms with Crippen molar-refractivity contribution in [1.82, 2.24) is 0 Å². The molecule has 0 fully saturated rings. The predicted molar refractivity (Wildman–Crippen MR) is 178 cm³/mol. The van der Waals surface area contributed by atoms with Crippen LogP contribution in [-0.4, -0.2) is 22.2 Å². The topological polar surface area (TPSA) is 98.7 Å². The molecule has 0 aliphatic rings. The van der Waals surface area contributed by atoms with Gasteiger partial charge in [0.05, 0.1) is 35.3 Å². The van der Waals surface area contributed by atoms with Crippen LogP contribution in [0.4, 0.5) is 57.9 Å². The van der Waals surface area contributed by atoms with Crippen LogP contribution in [0.15, 0.2) is 60.7 Å². The summed E-state index contributed by atoms with van der Waals surface area (Å²) in [5, 5.41) is 23.2. The molecular formula is C37H36F8N2O4. The van der Waals surface area contributed by atoms with Crippen molar-refractivity contribution in [3.05, 3.63) is 117 Å². The lowest BCUT2D eigenvalue weighted by Crippen LogP contribution is -2.14. The van der Waals surface area contributed by atoms with E-state index in [4.69, 9.17) is 10.2 Å². The van der Waals surface area contributed by atoms with Gasteiger partial charge in [0.1, 0.15) is 0 Å². The molecule has 0 bridgehead atoms. The predicted octanol–water partition coefficient (Wildman–Crippen LogP) is 10.4. The number of nitrogens with one attached hydrogen (secondary N) is 2. The molecule has 0 unspecified atom stereocenters. The first kappa shape index (κ1) is 40.3. The molecule has 0 saturated heterocycles. The molecule has 0 spiro atoms. The fourth-order valence-corrected chi connectivity index (χ4v) is 5.37. The Kier molecular flexibility index (Phi) is 13.2. The van der Waals surface area contributed by atoms with Crippen LogP contribution in [-0.2, 0) is 54.0 Å². The SMILES string of the molecule is CCc1ccc(Nc2ccc(C)cc2CC(=O)O)c(F)c1C(F)(F)F.CCc1ccc(Nc2ccc(CC)c(C(F)(F)F)c2F)c(CC(=O)O)c1. The zero-order valence-corrected chi connectivity index (χ0v) is 28.0. The van der Waals surface area contributed by atoms with Crippen molar-refractivity contribution in [2.24, 2.45) is 0 Å². The molecular weight excluding hydrogens is 688 g/mol. The summed E-state index contributed by atoms with van der Waals surface area (Å²) in [6.07, 6.45) is -9.53. The zero-order valence-electron chi connectivity index (χ0n) is 28.0. The number of carboxylic acids is 2. The summed E-state index contributed by atoms with van der Waals surface area (Å²) in [7, 11) is 0. The standard InChI is InChI=1S/C19H19F4NO2.C18H17F4NO2/c1-3-11-5-7-14(13(9-11)10-16(25)26)24-15-8-6-12(4-2)17(18(15)20)19(21,22)23;1-3-11-5-7-14(17(19)16(11)18(20,21)22)23-13-6-4-10(2)8-12(13)9-15(24)25/h5-9,24H,3-4,10H2,1-2H3,(H,25,26);4-8,23H,3,9H2,1-2H3,(H,24,25). The average Bonchev–Trinajstić information content (AvgIpc) is 3.03. The molecule has 4 rings (SSSR count). The number of anilines is 4. The van der Waals surface area contributed by atoms with Gasteiger partial charge in [-0.05, 0) is 78.3 Å². The maximum atomic E-state index is 14.5. The Labute approximate surface area is 289 Å². The van der Waals surface area contributed by atoms with Crippen molar-refractivity contribution in [2.75, 3.05) is 10.6 Å². The normalized spacial score (nSPS) is 11.5. The number of hydrogen-bond acceptors (Lipinski definition) is 4. The smallest absolute Gasteiger partial charge is 0.419 e. The number of aliphatic carboxylic acids is 2. The molecule has 4 aromatic carbocycles. The third kappa shape index (κ3) is 10.4. The molecule has 14 heteroatoms. The van der Waals surface area contributed by atoms with E-state index in [-0.39, 0.29) is 59.6 Å². The Morgan fingerprint density at radius 3 is 1.33 bits per heavy atom. The van der Waals surface area contributed by atoms with E-state index in [1.165, 1.54) is 44.2 Å². The first-order chi connectivity index (χ1) is 23.8. The number of rotatable bonds is 11. The minimum absolute atomic E-state index is 0.0425. The van der Waals surface area contributed by atoms with Gasteiger partial charge in [-0.2, -0.15) is 26.3 Å². The van der Waals surface area contributed by atoms with Gasteiger partial charge in [0.15, 0.2) is 11.6 Å². The van der Waals surface area contributed by atoms with Gasteiger partial charge in [-0.25, -0.2) is 8.78 Å². The number of carbonyl (C=O) groups is 2. The van der Waals surface area contributed by atoms with Crippen molar-refractivity contribution in [3.8, 4) is 0 Å². The highest BCUT2D eigenvalue weighted by Crippen LogP contribution is 2.39. The molecule has 0 aliphatic carbocycles. The van der Waals surface area contributed by atoms with Crippen LogP contribution in [0, 0.1) is 18.6 Å². The Balaban J connectivity index is 0.000000276. The molecule has 0 aliphatic heterocycles. The lowest BCUT2D eigenvalue weighted by molar-refractivity contribution is -0.141. The molecule has 0 atom stereocenters. The molecule has 274 valence electrons. The summed E-state index contributed by atoms with van der Waals surface area (Å²) >= 11 is 0. The van der Waals surface area contributed by atoms with Crippen LogP contribution in [0.5, 0.6) is 0 Å². The quantitative estimate of drug-likeness (QED) is 0.115. The maximum Gasteiger partial charge on any atom is 0.419 e. The van der Waals surface area contributed by atoms with E-state index in [0.29, 0.717) is 17.5 Å². The van der Waals surface area contributed by atoms with Gasteiger partial charge in [0, 0.05) is 11.4 Å². The third-order valence-electron chi connectivity index (χ3n) is 7.85. The molecule has 4 aromatic rings. The van der Waals surface area contributed by atoms with E-state index in [1.54, 1.807) is 37.3 Å². The Morgan fingerprint density at radius 2 is 0.961 bits per heavy atom. The Bertz CT molecular complexity index is 1890. The van der Waals surface area contributed by atoms with Crippen LogP contribution in [0.25, 0.3) is 0 Å². The number of hydrogen-bond donors (Lipinski definition) is 4. The van der Waals surface area contributed by atoms with E-state index in [1.807, 2.05) is 6.92 Å². The second-order valence-corrected chi connectivity index (χ2v) is 11.5. The van der Waals surface area contributed by atoms with E-state index in [0.717, 1.165) is 11.1 Å². The highest BCUT2D eigenvalue weighted by molar-refractivity contribution is 5.76. The van der Waals surface area contributed by atoms with Crippen molar-refractivity contribution in [2.45, 2.75) is 72.2 Å². The first-order valence-electron chi connectivity index (χ1n) is 15.8. The summed E-state index contributed by atoms with van der Waals surface area (Å²) < 4.78 is 108. The van der Waals surface area contributed by atoms with Gasteiger partial charge >= 0.3 is 24.3 Å². The summed E-state index contributed by atoms with van der Waals surface area (Å²) in [5.74, 6) is -4.96. The van der Waals surface area contributed by atoms with Gasteiger partial charge in [-0.3, -0.25) is 9.59 Å². The van der Waals surface area contributed by atoms with Crippen LogP contribution in [0.2, 0.25) is 0 Å². The molecule has 0 saturated carbocycles. The minimum Gasteiger partial charge on any atom is -0.481 e. The Morgan fingerprint density at radius 1 is 0.569 bits per heavy atom. The number of carboxylic acid groups (broad SMARTS) is 2. The highest BCUT2D eigenvalue weighted by atomic mass is 19.4. The van der Waals surface area contributed by atoms with Gasteiger partial charge < -0.3 is 20.8 Å². The molecule has 51 heavy (non-hydrogen) atoms. The Hall–Kier alpha value is -5.14. The van der Waals surface area contributed by atoms with Gasteiger partial charge in [0.25, 0.3) is 0 Å². The number of alkyl halides is 6. The molecule has 0 heterocycles. The molecule has 0 amide bonds. The fraction of sp³-hybridized carbons (Fsp3) is 0.297. The largest absolute Gasteiger partial charge is 0.481 e. The van der Waals surface area contributed by atoms with Crippen LogP contribution in [0.1, 0.15) is 65.3 Å². The molecule has 4 N–H and O–H groups in total. The summed E-state index contributed by atoms with van der Waals surface area (Å²) in [6, 6.07) is 14.6. The third-order valence-corrected chi connectivity index (χ3v) is 7.85. The lowest BCUT2D eigenvalue weighted by atomic mass is 10.0. The van der Waals surface area contributed by atoms with Gasteiger partial charge in [-0.15, -0.1) is 0 Å². The van der Waals surface area contributed by atoms with E-state index < -0.39 is 47.1 Å². The number of halogens is 8. The summed E-state index contributed by atoms with van der Waals surface area (Å²) in [5.41, 5.74) is -0.621. The second kappa shape index (κ2) is 16.7. The minimum atomic E-state index is -4.82. The van der Waals surface area contributed by atoms with Crippen LogP contribution < -0.4 is 10.6 Å². The highest BCUT2D eigenvalue weighted by Gasteiger charge is 2.38. The second-order valence-electron chi connectivity index (χ2n) is 11.5. The molecule has 6 nitrogen and oxygen atoms in total. The summed E-state index contributed by atoms with van der Waals surface area (Å²) in [4.78, 5) is 22.0. The van der Waals surface area contributed by atoms with Gasteiger partial charge in [0.2, 0.25) is 0 Å². The van der Waals surface area contributed by atoms with Crippen molar-refractivity contribution >= 4 is 34.7 Å². The van der Waals surface area contributed by atoms with Crippen LogP contribution >= 0.6 is 0 Å². The van der Waals surface area contributed by atoms with Crippen molar-refractivity contribution < 1.29 is 54.9 Å². The summed E-state index contributed by atoms with van der Waals surface area (Å²) in [6.45, 7) is 6.69. The lowest BCUT2D eigenvalue weighted by Gasteiger charge is -2.18. The van der Waals surface area contributed by atoms with E-state index in [9.17, 15) is 44.7 Å². The monoisotopic (exact) mass is 724 g/mol. The van der Waals surface area contributed by atoms with E-state index >= 15 is 0 Å². The van der Waals surface area contributed by atoms with E-state index in [2.05, 4.69) is 10.6 Å². The number of aryl methyl sites for hydroxylation is 4. The molecule has 0 aromatic heterocycles. The first-order valence-corrected chi connectivity index (χ1v) is 15.8. The zero-order chi connectivity index (χ0) is 38.3. The average molecular weight is 725 g/mol. The van der Waals surface area contributed by atoms with Crippen molar-refractivity contribution in [3.63, 3.8) is 0 Å². The maximum absolute atomic E-state index is 14.5. The molecule has 0 radical (unpaired) electrons. The van der Waals surface area contributed by atoms with Crippen LogP contribution in [0.3, 0.4) is 0 Å². The van der Waals surface area contributed by atoms with Gasteiger partial charge in [-0.1, -0.05) is 62.7 Å².